The number of carbonyl (C=O) groups excluding carboxylic acids is 1. The maximum Gasteiger partial charge on any atom is 0.269 e. The molecule has 0 bridgehead atoms. The largest absolute Gasteiger partial charge is 0.391 e. The monoisotopic (exact) mass is 438 g/mol. The fourth-order valence-electron chi connectivity index (χ4n) is 3.98. The highest BCUT2D eigenvalue weighted by Gasteiger charge is 2.27. The van der Waals surface area contributed by atoms with Crippen molar-refractivity contribution in [2.75, 3.05) is 26.3 Å². The molecule has 1 aromatic heterocycles. The van der Waals surface area contributed by atoms with E-state index < -0.39 is 23.6 Å². The first kappa shape index (κ1) is 22.1. The molecule has 32 heavy (non-hydrogen) atoms. The van der Waals surface area contributed by atoms with Gasteiger partial charge in [-0.05, 0) is 35.7 Å². The van der Waals surface area contributed by atoms with E-state index in [-0.39, 0.29) is 0 Å². The Bertz CT molecular complexity index is 1150. The molecular formula is C23H26N4O5. The van der Waals surface area contributed by atoms with Gasteiger partial charge in [-0.25, -0.2) is 10.5 Å². The Labute approximate surface area is 184 Å². The molecule has 0 spiro atoms. The number of aliphatic hydroxyl groups is 1. The molecule has 1 fully saturated rings. The topological polar surface area (TPSA) is 117 Å². The first-order valence-electron chi connectivity index (χ1n) is 10.5. The number of aromatic nitrogens is 2. The van der Waals surface area contributed by atoms with Crippen molar-refractivity contribution in [2.24, 2.45) is 0 Å². The zero-order chi connectivity index (χ0) is 22.7. The molecule has 1 amide bonds. The van der Waals surface area contributed by atoms with Gasteiger partial charge in [-0.1, -0.05) is 30.3 Å². The number of rotatable bonds is 6. The highest BCUT2D eigenvalue weighted by Crippen LogP contribution is 2.24. The number of amides is 1. The Balaban J connectivity index is 1.60. The molecule has 1 saturated heterocycles. The van der Waals surface area contributed by atoms with Gasteiger partial charge in [0.25, 0.3) is 11.5 Å². The highest BCUT2D eigenvalue weighted by molar-refractivity contribution is 5.84. The number of fused-ring (bicyclic) bond motifs is 1. The lowest BCUT2D eigenvalue weighted by Gasteiger charge is -2.26. The molecule has 0 radical (unpaired) electrons. The van der Waals surface area contributed by atoms with Crippen LogP contribution >= 0.6 is 0 Å². The second-order valence-electron chi connectivity index (χ2n) is 7.94. The van der Waals surface area contributed by atoms with E-state index in [0.717, 1.165) is 48.5 Å². The lowest BCUT2D eigenvalue weighted by Crippen LogP contribution is -2.41. The molecule has 9 nitrogen and oxygen atoms in total. The molecule has 4 rings (SSSR count). The normalized spacial score (nSPS) is 16.6. The lowest BCUT2D eigenvalue weighted by molar-refractivity contribution is -0.135. The van der Waals surface area contributed by atoms with Crippen LogP contribution < -0.4 is 11.0 Å². The van der Waals surface area contributed by atoms with Crippen LogP contribution in [0.3, 0.4) is 0 Å². The van der Waals surface area contributed by atoms with Crippen LogP contribution in [-0.2, 0) is 16.1 Å². The van der Waals surface area contributed by atoms with Gasteiger partial charge in [0.2, 0.25) is 0 Å². The summed E-state index contributed by atoms with van der Waals surface area (Å²) in [4.78, 5) is 31.5. The van der Waals surface area contributed by atoms with E-state index in [9.17, 15) is 14.7 Å². The van der Waals surface area contributed by atoms with E-state index in [1.165, 1.54) is 24.3 Å². The average Bonchev–Trinajstić information content (AvgIpc) is 2.81. The van der Waals surface area contributed by atoms with E-state index in [0.29, 0.717) is 10.9 Å². The Kier molecular flexibility index (Phi) is 6.61. The van der Waals surface area contributed by atoms with E-state index in [4.69, 9.17) is 9.94 Å². The molecule has 168 valence electrons. The second-order valence-corrected chi connectivity index (χ2v) is 7.94. The van der Waals surface area contributed by atoms with E-state index in [1.807, 2.05) is 24.3 Å². The van der Waals surface area contributed by atoms with Gasteiger partial charge in [0.1, 0.15) is 6.04 Å². The number of nitrogens with one attached hydrogen (secondary N) is 1. The van der Waals surface area contributed by atoms with Crippen molar-refractivity contribution in [1.29, 1.82) is 0 Å². The van der Waals surface area contributed by atoms with Crippen molar-refractivity contribution in [2.45, 2.75) is 25.6 Å². The summed E-state index contributed by atoms with van der Waals surface area (Å²) < 4.78 is 6.42. The first-order valence-corrected chi connectivity index (χ1v) is 10.5. The minimum atomic E-state index is -1.29. The van der Waals surface area contributed by atoms with E-state index in [1.54, 1.807) is 6.07 Å². The van der Waals surface area contributed by atoms with Crippen molar-refractivity contribution >= 4 is 16.8 Å². The van der Waals surface area contributed by atoms with Gasteiger partial charge >= 0.3 is 0 Å². The molecule has 3 N–H and O–H groups in total. The molecule has 2 heterocycles. The third-order valence-corrected chi connectivity index (χ3v) is 5.72. The van der Waals surface area contributed by atoms with Gasteiger partial charge in [-0.2, -0.15) is 0 Å². The van der Waals surface area contributed by atoms with Crippen molar-refractivity contribution in [1.82, 2.24) is 19.9 Å². The highest BCUT2D eigenvalue weighted by atomic mass is 16.5. The standard InChI is InChI=1S/C23H26N4O5/c1-15(28)21(22(29)25-31)27-14-24-20-12-18(6-7-19(20)23(27)30)17-4-2-16(3-5-17)13-26-8-10-32-11-9-26/h2-7,12,14-15,21,28,31H,8-11,13H2,1H3,(H,25,29). The number of aliphatic hydroxyl groups excluding tert-OH is 1. The summed E-state index contributed by atoms with van der Waals surface area (Å²) in [5.41, 5.74) is 4.64. The smallest absolute Gasteiger partial charge is 0.269 e. The summed E-state index contributed by atoms with van der Waals surface area (Å²) in [6, 6.07) is 12.3. The van der Waals surface area contributed by atoms with Gasteiger partial charge < -0.3 is 9.84 Å². The van der Waals surface area contributed by atoms with Crippen molar-refractivity contribution in [3.63, 3.8) is 0 Å². The zero-order valence-corrected chi connectivity index (χ0v) is 17.8. The van der Waals surface area contributed by atoms with Gasteiger partial charge in [0.15, 0.2) is 0 Å². The number of morpholine rings is 1. The quantitative estimate of drug-likeness (QED) is 0.393. The third-order valence-electron chi connectivity index (χ3n) is 5.72. The van der Waals surface area contributed by atoms with Crippen molar-refractivity contribution < 1.29 is 19.8 Å². The van der Waals surface area contributed by atoms with Crippen LogP contribution in [0.15, 0.2) is 53.6 Å². The van der Waals surface area contributed by atoms with Gasteiger partial charge in [0.05, 0.1) is 36.5 Å². The molecular weight excluding hydrogens is 412 g/mol. The van der Waals surface area contributed by atoms with Gasteiger partial charge in [0, 0.05) is 19.6 Å². The number of hydroxylamine groups is 1. The summed E-state index contributed by atoms with van der Waals surface area (Å²) in [6.07, 6.45) is 0.0151. The summed E-state index contributed by atoms with van der Waals surface area (Å²) >= 11 is 0. The number of ether oxygens (including phenoxy) is 1. The predicted molar refractivity (Wildman–Crippen MR) is 118 cm³/mol. The summed E-state index contributed by atoms with van der Waals surface area (Å²) in [5, 5.41) is 19.2. The molecule has 2 aromatic carbocycles. The Morgan fingerprint density at radius 1 is 1.16 bits per heavy atom. The number of hydrogen-bond acceptors (Lipinski definition) is 7. The zero-order valence-electron chi connectivity index (χ0n) is 17.8. The summed E-state index contributed by atoms with van der Waals surface area (Å²) in [7, 11) is 0. The maximum absolute atomic E-state index is 12.9. The molecule has 0 saturated carbocycles. The lowest BCUT2D eigenvalue weighted by atomic mass is 10.0. The van der Waals surface area contributed by atoms with Crippen molar-refractivity contribution in [3.05, 3.63) is 64.7 Å². The van der Waals surface area contributed by atoms with Crippen LogP contribution in [0.4, 0.5) is 0 Å². The summed E-state index contributed by atoms with van der Waals surface area (Å²) in [6.45, 7) is 5.66. The van der Waals surface area contributed by atoms with Crippen LogP contribution in [0.25, 0.3) is 22.0 Å². The first-order chi connectivity index (χ1) is 15.5. The molecule has 2 unspecified atom stereocenters. The number of hydrogen-bond donors (Lipinski definition) is 3. The molecule has 2 atom stereocenters. The van der Waals surface area contributed by atoms with Crippen LogP contribution in [0, 0.1) is 0 Å². The Morgan fingerprint density at radius 2 is 1.84 bits per heavy atom. The second kappa shape index (κ2) is 9.58. The molecule has 3 aromatic rings. The van der Waals surface area contributed by atoms with Gasteiger partial charge in [-0.3, -0.25) is 24.3 Å². The SMILES string of the molecule is CC(O)C(C(=O)NO)n1cnc2cc(-c3ccc(CN4CCOCC4)cc3)ccc2c1=O. The third kappa shape index (κ3) is 4.56. The van der Waals surface area contributed by atoms with Crippen molar-refractivity contribution in [3.8, 4) is 11.1 Å². The molecule has 9 heteroatoms. The fraction of sp³-hybridized carbons (Fsp3) is 0.348. The number of nitrogens with zero attached hydrogens (tertiary/aromatic N) is 3. The fourth-order valence-corrected chi connectivity index (χ4v) is 3.98. The summed E-state index contributed by atoms with van der Waals surface area (Å²) in [5.74, 6) is -0.892. The maximum atomic E-state index is 12.9. The van der Waals surface area contributed by atoms with E-state index in [2.05, 4.69) is 22.0 Å². The van der Waals surface area contributed by atoms with Crippen LogP contribution in [0.2, 0.25) is 0 Å². The molecule has 1 aliphatic heterocycles. The minimum Gasteiger partial charge on any atom is -0.391 e. The van der Waals surface area contributed by atoms with Gasteiger partial charge in [-0.15, -0.1) is 0 Å². The molecule has 0 aliphatic carbocycles. The van der Waals surface area contributed by atoms with Crippen LogP contribution in [0.1, 0.15) is 18.5 Å². The average molecular weight is 438 g/mol. The Morgan fingerprint density at radius 3 is 2.50 bits per heavy atom. The van der Waals surface area contributed by atoms with Crippen LogP contribution in [-0.4, -0.2) is 63.1 Å². The number of carbonyl (C=O) groups is 1. The minimum absolute atomic E-state index is 0.316. The molecule has 1 aliphatic rings. The predicted octanol–water partition coefficient (Wildman–Crippen LogP) is 1.32. The van der Waals surface area contributed by atoms with Crippen LogP contribution in [0.5, 0.6) is 0 Å². The van der Waals surface area contributed by atoms with E-state index >= 15 is 0 Å². The number of benzene rings is 2. The Hall–Kier alpha value is -3.11.